The van der Waals surface area contributed by atoms with Crippen molar-refractivity contribution in [3.05, 3.63) is 0 Å². The summed E-state index contributed by atoms with van der Waals surface area (Å²) >= 11 is 0. The molecule has 4 aliphatic carbocycles. The van der Waals surface area contributed by atoms with Crippen molar-refractivity contribution in [2.75, 3.05) is 6.61 Å². The highest BCUT2D eigenvalue weighted by atomic mass is 19.4. The molecule has 1 unspecified atom stereocenters. The Labute approximate surface area is 156 Å². The molecule has 9 heteroatoms. The lowest BCUT2D eigenvalue weighted by molar-refractivity contribution is -0.219. The van der Waals surface area contributed by atoms with E-state index in [1.165, 1.54) is 0 Å². The average Bonchev–Trinajstić information content (AvgIpc) is 2.85. The maximum absolute atomic E-state index is 12.4. The number of carbonyl (C=O) groups is 2. The summed E-state index contributed by atoms with van der Waals surface area (Å²) in [7, 11) is 0. The quantitative estimate of drug-likeness (QED) is 0.754. The molecule has 6 nitrogen and oxygen atoms in total. The van der Waals surface area contributed by atoms with E-state index < -0.39 is 29.9 Å². The van der Waals surface area contributed by atoms with Crippen LogP contribution in [0.15, 0.2) is 0 Å². The minimum Gasteiger partial charge on any atom is -0.444 e. The van der Waals surface area contributed by atoms with Crippen LogP contribution in [0.5, 0.6) is 0 Å². The first-order valence-electron chi connectivity index (χ1n) is 9.34. The molecular weight excluding hydrogens is 365 g/mol. The third kappa shape index (κ3) is 4.86. The number of ether oxygens (including phenoxy) is 2. The van der Waals surface area contributed by atoms with Crippen molar-refractivity contribution in [2.45, 2.75) is 82.3 Å². The Morgan fingerprint density at radius 2 is 1.74 bits per heavy atom. The number of hydrogen-bond donors (Lipinski definition) is 2. The van der Waals surface area contributed by atoms with Gasteiger partial charge in [-0.15, -0.1) is 0 Å². The molecule has 0 aromatic carbocycles. The van der Waals surface area contributed by atoms with Gasteiger partial charge >= 0.3 is 12.3 Å². The lowest BCUT2D eigenvalue weighted by Crippen LogP contribution is -2.53. The van der Waals surface area contributed by atoms with Crippen LogP contribution < -0.4 is 10.6 Å². The number of alkyl halides is 3. The molecule has 2 bridgehead atoms. The lowest BCUT2D eigenvalue weighted by Gasteiger charge is -2.39. The van der Waals surface area contributed by atoms with Crippen LogP contribution in [0.2, 0.25) is 0 Å². The molecule has 0 heterocycles. The van der Waals surface area contributed by atoms with Crippen LogP contribution in [0, 0.1) is 11.8 Å². The van der Waals surface area contributed by atoms with Crippen LogP contribution in [-0.2, 0) is 14.3 Å². The molecule has 2 N–H and O–H groups in total. The van der Waals surface area contributed by atoms with E-state index in [0.29, 0.717) is 12.3 Å². The summed E-state index contributed by atoms with van der Waals surface area (Å²) in [6, 6.07) is -0.0552. The van der Waals surface area contributed by atoms with E-state index in [1.54, 1.807) is 20.8 Å². The van der Waals surface area contributed by atoms with Crippen LogP contribution in [0.4, 0.5) is 18.0 Å². The second kappa shape index (κ2) is 6.83. The second-order valence-corrected chi connectivity index (χ2v) is 9.10. The Balaban J connectivity index is 1.36. The fourth-order valence-corrected chi connectivity index (χ4v) is 4.24. The van der Waals surface area contributed by atoms with Gasteiger partial charge in [0.1, 0.15) is 12.2 Å². The summed E-state index contributed by atoms with van der Waals surface area (Å²) in [5.74, 6) is -1.34. The number of rotatable bonds is 5. The Morgan fingerprint density at radius 3 is 2.30 bits per heavy atom. The topological polar surface area (TPSA) is 76.7 Å². The van der Waals surface area contributed by atoms with Crippen molar-refractivity contribution in [3.63, 3.8) is 0 Å². The van der Waals surface area contributed by atoms with Gasteiger partial charge < -0.3 is 20.1 Å². The van der Waals surface area contributed by atoms with Crippen LogP contribution in [0.25, 0.3) is 0 Å². The van der Waals surface area contributed by atoms with E-state index in [2.05, 4.69) is 10.6 Å². The predicted molar refractivity (Wildman–Crippen MR) is 89.9 cm³/mol. The molecule has 1 atom stereocenters. The highest BCUT2D eigenvalue weighted by molar-refractivity contribution is 5.78. The first-order valence-corrected chi connectivity index (χ1v) is 9.34. The van der Waals surface area contributed by atoms with Gasteiger partial charge in [-0.1, -0.05) is 0 Å². The van der Waals surface area contributed by atoms with Crippen LogP contribution in [0.3, 0.4) is 0 Å². The third-order valence-corrected chi connectivity index (χ3v) is 5.61. The monoisotopic (exact) mass is 392 g/mol. The van der Waals surface area contributed by atoms with Crippen molar-refractivity contribution in [2.24, 2.45) is 11.8 Å². The number of amides is 2. The van der Waals surface area contributed by atoms with Gasteiger partial charge in [-0.05, 0) is 58.8 Å². The van der Waals surface area contributed by atoms with Crippen molar-refractivity contribution < 1.29 is 32.2 Å². The molecule has 0 aromatic rings. The molecule has 4 fully saturated rings. The van der Waals surface area contributed by atoms with E-state index in [9.17, 15) is 22.8 Å². The molecule has 2 amide bonds. The van der Waals surface area contributed by atoms with Gasteiger partial charge in [0, 0.05) is 11.6 Å². The van der Waals surface area contributed by atoms with Crippen molar-refractivity contribution in [3.8, 4) is 0 Å². The summed E-state index contributed by atoms with van der Waals surface area (Å²) in [5.41, 5.74) is -0.903. The Hall–Kier alpha value is -1.51. The van der Waals surface area contributed by atoms with Gasteiger partial charge in [0.2, 0.25) is 5.91 Å². The van der Waals surface area contributed by atoms with Gasteiger partial charge in [0.25, 0.3) is 0 Å². The largest absolute Gasteiger partial charge is 0.444 e. The van der Waals surface area contributed by atoms with E-state index >= 15 is 0 Å². The van der Waals surface area contributed by atoms with E-state index in [0.717, 1.165) is 12.8 Å². The number of halogens is 3. The summed E-state index contributed by atoms with van der Waals surface area (Å²) in [6.07, 6.45) is -3.09. The van der Waals surface area contributed by atoms with E-state index in [-0.39, 0.29) is 36.9 Å². The standard InChI is InChI=1S/C18H27F3N2O4/c1-16(2,3)27-15(25)23-17-6-10(7-17)13(8-17)22-14(24)9-26-12-4-11(5-12)18(19,20)21/h10-13H,4-9H2,1-3H3,(H,22,24)(H,23,25). The molecule has 0 saturated heterocycles. The van der Waals surface area contributed by atoms with E-state index in [4.69, 9.17) is 9.47 Å². The molecule has 0 spiro atoms. The maximum Gasteiger partial charge on any atom is 0.408 e. The Bertz CT molecular complexity index is 590. The molecule has 0 aromatic heterocycles. The highest BCUT2D eigenvalue weighted by Crippen LogP contribution is 2.52. The zero-order valence-corrected chi connectivity index (χ0v) is 15.8. The zero-order chi connectivity index (χ0) is 20.0. The second-order valence-electron chi connectivity index (χ2n) is 9.10. The smallest absolute Gasteiger partial charge is 0.408 e. The molecular formula is C18H27F3N2O4. The number of fused-ring (bicyclic) bond motifs is 1. The van der Waals surface area contributed by atoms with Crippen molar-refractivity contribution >= 4 is 12.0 Å². The minimum atomic E-state index is -4.18. The third-order valence-electron chi connectivity index (χ3n) is 5.61. The Kier molecular flexibility index (Phi) is 5.12. The number of carbonyl (C=O) groups excluding carboxylic acids is 2. The highest BCUT2D eigenvalue weighted by Gasteiger charge is 2.57. The van der Waals surface area contributed by atoms with Crippen molar-refractivity contribution in [1.29, 1.82) is 0 Å². The van der Waals surface area contributed by atoms with Crippen LogP contribution >= 0.6 is 0 Å². The molecule has 154 valence electrons. The molecule has 0 aliphatic heterocycles. The number of alkyl carbamates (subject to hydrolysis) is 1. The van der Waals surface area contributed by atoms with Gasteiger partial charge in [-0.3, -0.25) is 4.79 Å². The fourth-order valence-electron chi connectivity index (χ4n) is 4.24. The summed E-state index contributed by atoms with van der Waals surface area (Å²) in [5, 5.41) is 5.80. The SMILES string of the molecule is CC(C)(C)OC(=O)NC12CC(C1)C(NC(=O)COC1CC(C(F)(F)F)C1)C2. The van der Waals surface area contributed by atoms with Gasteiger partial charge in [0.15, 0.2) is 0 Å². The lowest BCUT2D eigenvalue weighted by atomic mass is 9.77. The van der Waals surface area contributed by atoms with Gasteiger partial charge in [0.05, 0.1) is 12.0 Å². The average molecular weight is 392 g/mol. The fraction of sp³-hybridized carbons (Fsp3) is 0.889. The summed E-state index contributed by atoms with van der Waals surface area (Å²) in [4.78, 5) is 24.0. The first-order chi connectivity index (χ1) is 12.4. The predicted octanol–water partition coefficient (Wildman–Crippen LogP) is 2.91. The van der Waals surface area contributed by atoms with Crippen molar-refractivity contribution in [1.82, 2.24) is 10.6 Å². The number of hydrogen-bond acceptors (Lipinski definition) is 4. The summed E-state index contributed by atoms with van der Waals surface area (Å²) < 4.78 is 47.9. The Morgan fingerprint density at radius 1 is 1.11 bits per heavy atom. The number of nitrogens with one attached hydrogen (secondary N) is 2. The molecule has 4 aliphatic rings. The molecule has 27 heavy (non-hydrogen) atoms. The molecule has 4 rings (SSSR count). The van der Waals surface area contributed by atoms with E-state index in [1.807, 2.05) is 0 Å². The normalized spacial score (nSPS) is 35.0. The van der Waals surface area contributed by atoms with Gasteiger partial charge in [-0.2, -0.15) is 13.2 Å². The minimum absolute atomic E-state index is 0.0552. The molecule has 4 saturated carbocycles. The summed E-state index contributed by atoms with van der Waals surface area (Å²) in [6.45, 7) is 5.16. The van der Waals surface area contributed by atoms with Crippen LogP contribution in [-0.4, -0.2) is 48.1 Å². The molecule has 0 radical (unpaired) electrons. The maximum atomic E-state index is 12.4. The zero-order valence-electron chi connectivity index (χ0n) is 15.8. The first kappa shape index (κ1) is 20.2. The van der Waals surface area contributed by atoms with Crippen LogP contribution in [0.1, 0.15) is 52.9 Å². The van der Waals surface area contributed by atoms with Gasteiger partial charge in [-0.25, -0.2) is 4.79 Å².